The highest BCUT2D eigenvalue weighted by molar-refractivity contribution is 5.95. The first-order valence-corrected chi connectivity index (χ1v) is 5.02. The van der Waals surface area contributed by atoms with Gasteiger partial charge in [-0.05, 0) is 18.2 Å². The normalized spacial score (nSPS) is 15.8. The minimum absolute atomic E-state index is 0.108. The largest absolute Gasteiger partial charge is 0.495 e. The first-order chi connectivity index (χ1) is 7.61. The fourth-order valence-corrected chi connectivity index (χ4v) is 1.65. The lowest BCUT2D eigenvalue weighted by Gasteiger charge is -2.35. The first-order valence-electron chi connectivity index (χ1n) is 5.02. The molecule has 1 amide bonds. The lowest BCUT2D eigenvalue weighted by Crippen LogP contribution is -2.53. The lowest BCUT2D eigenvalue weighted by molar-refractivity contribution is 0.00588. The third-order valence-corrected chi connectivity index (χ3v) is 2.63. The number of amides is 1. The molecule has 1 aliphatic rings. The molecule has 3 N–H and O–H groups in total. The number of carbonyl (C=O) groups excluding carboxylic acids is 1. The van der Waals surface area contributed by atoms with E-state index < -0.39 is 0 Å². The Morgan fingerprint density at radius 2 is 2.25 bits per heavy atom. The summed E-state index contributed by atoms with van der Waals surface area (Å²) in [5.41, 5.74) is 6.68. The van der Waals surface area contributed by atoms with Crippen molar-refractivity contribution in [3.8, 4) is 5.75 Å². The van der Waals surface area contributed by atoms with Crippen molar-refractivity contribution in [3.63, 3.8) is 0 Å². The van der Waals surface area contributed by atoms with Crippen molar-refractivity contribution in [1.82, 2.24) is 4.90 Å². The summed E-state index contributed by atoms with van der Waals surface area (Å²) < 4.78 is 5.04. The summed E-state index contributed by atoms with van der Waals surface area (Å²) in [6.45, 7) is 0.789. The number of likely N-dealkylation sites (tertiary alicyclic amines) is 1. The number of ether oxygens (including phenoxy) is 1. The number of nitrogens with two attached hydrogens (primary N) is 1. The molecule has 5 nitrogen and oxygen atoms in total. The van der Waals surface area contributed by atoms with Gasteiger partial charge in [0.2, 0.25) is 0 Å². The molecular weight excluding hydrogens is 208 g/mol. The van der Waals surface area contributed by atoms with Crippen molar-refractivity contribution in [3.05, 3.63) is 23.8 Å². The van der Waals surface area contributed by atoms with E-state index in [2.05, 4.69) is 0 Å². The van der Waals surface area contributed by atoms with Gasteiger partial charge in [-0.3, -0.25) is 4.79 Å². The Morgan fingerprint density at radius 1 is 1.56 bits per heavy atom. The molecule has 1 saturated heterocycles. The van der Waals surface area contributed by atoms with E-state index in [1.165, 1.54) is 7.11 Å². The zero-order chi connectivity index (χ0) is 11.7. The van der Waals surface area contributed by atoms with Gasteiger partial charge in [-0.15, -0.1) is 0 Å². The van der Waals surface area contributed by atoms with Crippen molar-refractivity contribution in [2.45, 2.75) is 6.10 Å². The van der Waals surface area contributed by atoms with E-state index in [4.69, 9.17) is 15.6 Å². The van der Waals surface area contributed by atoms with Crippen molar-refractivity contribution >= 4 is 11.6 Å². The average Bonchev–Trinajstić information content (AvgIpc) is 2.24. The SMILES string of the molecule is COc1cc(C(=O)N2CC(O)C2)ccc1N. The highest BCUT2D eigenvalue weighted by Gasteiger charge is 2.29. The number of hydrogen-bond acceptors (Lipinski definition) is 4. The Hall–Kier alpha value is -1.75. The van der Waals surface area contributed by atoms with Gasteiger partial charge < -0.3 is 20.5 Å². The van der Waals surface area contributed by atoms with Crippen LogP contribution in [0.3, 0.4) is 0 Å². The topological polar surface area (TPSA) is 75.8 Å². The van der Waals surface area contributed by atoms with E-state index in [-0.39, 0.29) is 12.0 Å². The molecule has 1 aromatic carbocycles. The van der Waals surface area contributed by atoms with Gasteiger partial charge in [0.25, 0.3) is 5.91 Å². The second kappa shape index (κ2) is 4.02. The molecule has 86 valence electrons. The van der Waals surface area contributed by atoms with E-state index in [1.807, 2.05) is 0 Å². The van der Waals surface area contributed by atoms with Crippen LogP contribution in [-0.2, 0) is 0 Å². The number of nitrogen functional groups attached to an aromatic ring is 1. The van der Waals surface area contributed by atoms with Crippen LogP contribution in [0, 0.1) is 0 Å². The predicted octanol–water partition coefficient (Wildman–Crippen LogP) is 0.0941. The zero-order valence-electron chi connectivity index (χ0n) is 9.01. The van der Waals surface area contributed by atoms with E-state index in [0.29, 0.717) is 30.1 Å². The Kier molecular flexibility index (Phi) is 2.70. The van der Waals surface area contributed by atoms with Crippen LogP contribution in [-0.4, -0.2) is 42.2 Å². The molecule has 1 fully saturated rings. The number of carbonyl (C=O) groups is 1. The van der Waals surface area contributed by atoms with Gasteiger partial charge in [-0.1, -0.05) is 0 Å². The van der Waals surface area contributed by atoms with Gasteiger partial charge in [-0.25, -0.2) is 0 Å². The number of aliphatic hydroxyl groups excluding tert-OH is 1. The summed E-state index contributed by atoms with van der Waals surface area (Å²) in [4.78, 5) is 13.4. The molecule has 0 saturated carbocycles. The summed E-state index contributed by atoms with van der Waals surface area (Å²) in [5, 5.41) is 9.12. The molecule has 1 aliphatic heterocycles. The summed E-state index contributed by atoms with van der Waals surface area (Å²) in [5.74, 6) is 0.385. The van der Waals surface area contributed by atoms with Crippen LogP contribution in [0.25, 0.3) is 0 Å². The Balaban J connectivity index is 2.17. The van der Waals surface area contributed by atoms with E-state index in [1.54, 1.807) is 23.1 Å². The van der Waals surface area contributed by atoms with Crippen molar-refractivity contribution in [1.29, 1.82) is 0 Å². The number of methoxy groups -OCH3 is 1. The number of β-amino-alcohol motifs (C(OH)–C–C–N with tert-alkyl or cyclic N) is 1. The van der Waals surface area contributed by atoms with Crippen LogP contribution in [0.1, 0.15) is 10.4 Å². The van der Waals surface area contributed by atoms with Crippen LogP contribution in [0.5, 0.6) is 5.75 Å². The molecule has 5 heteroatoms. The standard InChI is InChI=1S/C11H14N2O3/c1-16-10-4-7(2-3-9(10)12)11(15)13-5-8(14)6-13/h2-4,8,14H,5-6,12H2,1H3. The quantitative estimate of drug-likeness (QED) is 0.695. The maximum atomic E-state index is 11.9. The van der Waals surface area contributed by atoms with Gasteiger partial charge >= 0.3 is 0 Å². The van der Waals surface area contributed by atoms with Crippen LogP contribution >= 0.6 is 0 Å². The number of benzene rings is 1. The summed E-state index contributed by atoms with van der Waals surface area (Å²) in [7, 11) is 1.51. The first kappa shape index (κ1) is 10.8. The van der Waals surface area contributed by atoms with Gasteiger partial charge in [-0.2, -0.15) is 0 Å². The molecule has 0 atom stereocenters. The molecule has 0 spiro atoms. The highest BCUT2D eigenvalue weighted by atomic mass is 16.5. The number of hydrogen-bond donors (Lipinski definition) is 2. The number of nitrogens with zero attached hydrogens (tertiary/aromatic N) is 1. The Labute approximate surface area is 93.4 Å². The van der Waals surface area contributed by atoms with Crippen molar-refractivity contribution in [2.75, 3.05) is 25.9 Å². The van der Waals surface area contributed by atoms with Crippen LogP contribution in [0.2, 0.25) is 0 Å². The maximum absolute atomic E-state index is 11.9. The summed E-state index contributed by atoms with van der Waals surface area (Å²) >= 11 is 0. The zero-order valence-corrected chi connectivity index (χ0v) is 9.01. The molecule has 0 aromatic heterocycles. The Bertz CT molecular complexity index is 414. The highest BCUT2D eigenvalue weighted by Crippen LogP contribution is 2.24. The van der Waals surface area contributed by atoms with E-state index in [0.717, 1.165) is 0 Å². The number of rotatable bonds is 2. The minimum Gasteiger partial charge on any atom is -0.495 e. The molecule has 2 rings (SSSR count). The van der Waals surface area contributed by atoms with Crippen LogP contribution < -0.4 is 10.5 Å². The molecule has 1 heterocycles. The van der Waals surface area contributed by atoms with E-state index in [9.17, 15) is 4.79 Å². The lowest BCUT2D eigenvalue weighted by atomic mass is 10.1. The molecular formula is C11H14N2O3. The van der Waals surface area contributed by atoms with Gasteiger partial charge in [0.05, 0.1) is 18.9 Å². The molecule has 0 unspecified atom stereocenters. The minimum atomic E-state index is -0.389. The fourth-order valence-electron chi connectivity index (χ4n) is 1.65. The molecule has 16 heavy (non-hydrogen) atoms. The van der Waals surface area contributed by atoms with Gasteiger partial charge in [0, 0.05) is 18.7 Å². The van der Waals surface area contributed by atoms with Crippen LogP contribution in [0.4, 0.5) is 5.69 Å². The van der Waals surface area contributed by atoms with E-state index >= 15 is 0 Å². The molecule has 0 bridgehead atoms. The maximum Gasteiger partial charge on any atom is 0.254 e. The van der Waals surface area contributed by atoms with Gasteiger partial charge in [0.1, 0.15) is 5.75 Å². The number of anilines is 1. The second-order valence-corrected chi connectivity index (χ2v) is 3.82. The third-order valence-electron chi connectivity index (χ3n) is 2.63. The second-order valence-electron chi connectivity index (χ2n) is 3.82. The monoisotopic (exact) mass is 222 g/mol. The average molecular weight is 222 g/mol. The fraction of sp³-hybridized carbons (Fsp3) is 0.364. The molecule has 0 radical (unpaired) electrons. The molecule has 0 aliphatic carbocycles. The smallest absolute Gasteiger partial charge is 0.254 e. The molecule has 1 aromatic rings. The predicted molar refractivity (Wildman–Crippen MR) is 59.3 cm³/mol. The van der Waals surface area contributed by atoms with Crippen LogP contribution in [0.15, 0.2) is 18.2 Å². The number of aliphatic hydroxyl groups is 1. The Morgan fingerprint density at radius 3 is 2.81 bits per heavy atom. The summed E-state index contributed by atoms with van der Waals surface area (Å²) in [6, 6.07) is 4.91. The third kappa shape index (κ3) is 1.81. The van der Waals surface area contributed by atoms with Gasteiger partial charge in [0.15, 0.2) is 0 Å². The summed E-state index contributed by atoms with van der Waals surface area (Å²) in [6.07, 6.45) is -0.389. The van der Waals surface area contributed by atoms with Crippen molar-refractivity contribution in [2.24, 2.45) is 0 Å². The van der Waals surface area contributed by atoms with Crippen molar-refractivity contribution < 1.29 is 14.6 Å².